The maximum Gasteiger partial charge on any atom is 0.123 e. The van der Waals surface area contributed by atoms with E-state index in [0.717, 1.165) is 31.7 Å². The van der Waals surface area contributed by atoms with E-state index in [1.165, 1.54) is 31.0 Å². The molecule has 6 heteroatoms. The van der Waals surface area contributed by atoms with Gasteiger partial charge in [0.15, 0.2) is 0 Å². The van der Waals surface area contributed by atoms with Crippen molar-refractivity contribution in [3.8, 4) is 5.75 Å². The highest BCUT2D eigenvalue weighted by Crippen LogP contribution is 2.46. The lowest BCUT2D eigenvalue weighted by molar-refractivity contribution is 0.153. The van der Waals surface area contributed by atoms with Crippen LogP contribution in [-0.4, -0.2) is 36.2 Å². The van der Waals surface area contributed by atoms with Gasteiger partial charge in [0.1, 0.15) is 11.6 Å². The summed E-state index contributed by atoms with van der Waals surface area (Å²) in [6.07, 6.45) is 2.37. The van der Waals surface area contributed by atoms with Crippen molar-refractivity contribution < 1.29 is 9.50 Å². The quantitative estimate of drug-likeness (QED) is 0.898. The van der Waals surface area contributed by atoms with Crippen molar-refractivity contribution >= 4 is 24.8 Å². The first-order valence-corrected chi connectivity index (χ1v) is 6.69. The van der Waals surface area contributed by atoms with Gasteiger partial charge in [-0.05, 0) is 37.0 Å². The molecule has 0 bridgehead atoms. The van der Waals surface area contributed by atoms with Gasteiger partial charge in [0.2, 0.25) is 0 Å². The molecule has 2 N–H and O–H groups in total. The van der Waals surface area contributed by atoms with E-state index in [2.05, 4.69) is 10.2 Å². The van der Waals surface area contributed by atoms with Gasteiger partial charge >= 0.3 is 0 Å². The van der Waals surface area contributed by atoms with Crippen molar-refractivity contribution in [2.75, 3.05) is 26.2 Å². The fourth-order valence-corrected chi connectivity index (χ4v) is 2.88. The molecule has 1 aromatic carbocycles. The Labute approximate surface area is 131 Å². The molecular weight excluding hydrogens is 302 g/mol. The van der Waals surface area contributed by atoms with Gasteiger partial charge in [-0.1, -0.05) is 0 Å². The fourth-order valence-electron chi connectivity index (χ4n) is 2.88. The molecule has 1 saturated heterocycles. The first-order valence-electron chi connectivity index (χ1n) is 6.69. The van der Waals surface area contributed by atoms with Crippen LogP contribution in [0.15, 0.2) is 18.2 Å². The summed E-state index contributed by atoms with van der Waals surface area (Å²) in [4.78, 5) is 2.38. The van der Waals surface area contributed by atoms with Gasteiger partial charge in [0.25, 0.3) is 0 Å². The molecule has 114 valence electrons. The molecule has 1 heterocycles. The van der Waals surface area contributed by atoms with Crippen LogP contribution in [0.3, 0.4) is 0 Å². The summed E-state index contributed by atoms with van der Waals surface area (Å²) >= 11 is 0. The maximum absolute atomic E-state index is 13.4. The highest BCUT2D eigenvalue weighted by Gasteiger charge is 2.38. The lowest BCUT2D eigenvalue weighted by atomic mass is 9.98. The molecule has 2 fully saturated rings. The fraction of sp³-hybridized carbons (Fsp3) is 0.571. The minimum atomic E-state index is -0.261. The van der Waals surface area contributed by atoms with E-state index >= 15 is 0 Å². The normalized spacial score (nSPS) is 20.6. The van der Waals surface area contributed by atoms with Crippen LogP contribution in [0.1, 0.15) is 24.4 Å². The first kappa shape index (κ1) is 17.5. The largest absolute Gasteiger partial charge is 0.508 e. The summed E-state index contributed by atoms with van der Waals surface area (Å²) in [5.74, 6) is 0.547. The first-order chi connectivity index (χ1) is 8.75. The number of nitrogens with one attached hydrogen (secondary N) is 1. The summed E-state index contributed by atoms with van der Waals surface area (Å²) in [6.45, 7) is 3.88. The molecule has 0 unspecified atom stereocenters. The molecule has 3 nitrogen and oxygen atoms in total. The minimum absolute atomic E-state index is 0. The second-order valence-corrected chi connectivity index (χ2v) is 5.27. The molecule has 1 aliphatic heterocycles. The van der Waals surface area contributed by atoms with E-state index in [1.807, 2.05) is 0 Å². The summed E-state index contributed by atoms with van der Waals surface area (Å²) in [5.41, 5.74) is 0.763. The third kappa shape index (κ3) is 3.76. The average molecular weight is 323 g/mol. The molecule has 1 aromatic rings. The van der Waals surface area contributed by atoms with E-state index in [9.17, 15) is 9.50 Å². The second kappa shape index (κ2) is 7.46. The SMILES string of the molecule is Cl.Cl.Oc1ccc(F)cc1[C@H](C1CC1)N1CCNCC1. The van der Waals surface area contributed by atoms with Crippen LogP contribution in [0.5, 0.6) is 5.75 Å². The Kier molecular flexibility index (Phi) is 6.52. The minimum Gasteiger partial charge on any atom is -0.508 e. The van der Waals surface area contributed by atoms with Gasteiger partial charge in [0, 0.05) is 37.8 Å². The van der Waals surface area contributed by atoms with Crippen LogP contribution in [0.2, 0.25) is 0 Å². The monoisotopic (exact) mass is 322 g/mol. The molecule has 2 aliphatic rings. The Morgan fingerprint density at radius 2 is 1.85 bits per heavy atom. The van der Waals surface area contributed by atoms with E-state index in [0.29, 0.717) is 5.92 Å². The summed E-state index contributed by atoms with van der Waals surface area (Å²) in [7, 11) is 0. The topological polar surface area (TPSA) is 35.5 Å². The molecule has 1 saturated carbocycles. The second-order valence-electron chi connectivity index (χ2n) is 5.27. The third-order valence-electron chi connectivity index (χ3n) is 3.92. The third-order valence-corrected chi connectivity index (χ3v) is 3.92. The van der Waals surface area contributed by atoms with Crippen molar-refractivity contribution in [1.29, 1.82) is 0 Å². The number of hydrogen-bond donors (Lipinski definition) is 2. The molecule has 0 amide bonds. The van der Waals surface area contributed by atoms with E-state index in [1.54, 1.807) is 0 Å². The van der Waals surface area contributed by atoms with Gasteiger partial charge in [-0.25, -0.2) is 4.39 Å². The average Bonchev–Trinajstić information content (AvgIpc) is 3.20. The summed E-state index contributed by atoms with van der Waals surface area (Å²) in [6, 6.07) is 4.48. The number of nitrogens with zero attached hydrogens (tertiary/aromatic N) is 1. The number of rotatable bonds is 3. The Morgan fingerprint density at radius 3 is 2.45 bits per heavy atom. The lowest BCUT2D eigenvalue weighted by Gasteiger charge is -2.35. The molecule has 1 atom stereocenters. The van der Waals surface area contributed by atoms with E-state index in [4.69, 9.17) is 0 Å². The van der Waals surface area contributed by atoms with Crippen LogP contribution >= 0.6 is 24.8 Å². The van der Waals surface area contributed by atoms with Crippen molar-refractivity contribution in [3.63, 3.8) is 0 Å². The van der Waals surface area contributed by atoms with Crippen LogP contribution < -0.4 is 5.32 Å². The van der Waals surface area contributed by atoms with Gasteiger partial charge in [-0.15, -0.1) is 24.8 Å². The van der Waals surface area contributed by atoms with Crippen molar-refractivity contribution in [3.05, 3.63) is 29.6 Å². The van der Waals surface area contributed by atoms with Crippen LogP contribution in [-0.2, 0) is 0 Å². The van der Waals surface area contributed by atoms with Gasteiger partial charge < -0.3 is 10.4 Å². The number of aromatic hydroxyl groups is 1. The molecule has 1 aliphatic carbocycles. The lowest BCUT2D eigenvalue weighted by Crippen LogP contribution is -2.45. The Bertz CT molecular complexity index is 437. The van der Waals surface area contributed by atoms with Crippen LogP contribution in [0.4, 0.5) is 4.39 Å². The Hall–Kier alpha value is -0.550. The zero-order valence-corrected chi connectivity index (χ0v) is 12.9. The van der Waals surface area contributed by atoms with Gasteiger partial charge in [-0.3, -0.25) is 4.90 Å². The standard InChI is InChI=1S/C14H19FN2O.2ClH/c15-11-3-4-13(18)12(9-11)14(10-1-2-10)17-7-5-16-6-8-17;;/h3-4,9-10,14,16,18H,1-2,5-8H2;2*1H/t14-;;/m0../s1. The highest BCUT2D eigenvalue weighted by molar-refractivity contribution is 5.85. The number of hydrogen-bond acceptors (Lipinski definition) is 3. The molecular formula is C14H21Cl2FN2O. The number of phenols is 1. The Balaban J connectivity index is 0.000001000. The zero-order valence-electron chi connectivity index (χ0n) is 11.2. The van der Waals surface area contributed by atoms with Crippen molar-refractivity contribution in [2.24, 2.45) is 5.92 Å². The maximum atomic E-state index is 13.4. The number of halogens is 3. The van der Waals surface area contributed by atoms with Crippen LogP contribution in [0, 0.1) is 11.7 Å². The van der Waals surface area contributed by atoms with Gasteiger partial charge in [-0.2, -0.15) is 0 Å². The van der Waals surface area contributed by atoms with Gasteiger partial charge in [0.05, 0.1) is 0 Å². The summed E-state index contributed by atoms with van der Waals surface area (Å²) in [5, 5.41) is 13.3. The zero-order chi connectivity index (χ0) is 12.5. The number of phenolic OH excluding ortho intramolecular Hbond substituents is 1. The number of piperazine rings is 1. The van der Waals surface area contributed by atoms with Crippen molar-refractivity contribution in [2.45, 2.75) is 18.9 Å². The number of benzene rings is 1. The molecule has 0 radical (unpaired) electrons. The molecule has 20 heavy (non-hydrogen) atoms. The predicted molar refractivity (Wildman–Crippen MR) is 82.5 cm³/mol. The van der Waals surface area contributed by atoms with E-state index in [-0.39, 0.29) is 42.4 Å². The molecule has 0 aromatic heterocycles. The molecule has 0 spiro atoms. The predicted octanol–water partition coefficient (Wildman–Crippen LogP) is 2.73. The van der Waals surface area contributed by atoms with Crippen molar-refractivity contribution in [1.82, 2.24) is 10.2 Å². The highest BCUT2D eigenvalue weighted by atomic mass is 35.5. The Morgan fingerprint density at radius 1 is 1.20 bits per heavy atom. The van der Waals surface area contributed by atoms with Crippen LogP contribution in [0.25, 0.3) is 0 Å². The van der Waals surface area contributed by atoms with E-state index < -0.39 is 0 Å². The molecule has 3 rings (SSSR count). The smallest absolute Gasteiger partial charge is 0.123 e. The summed E-state index contributed by atoms with van der Waals surface area (Å²) < 4.78 is 13.4.